The fraction of sp³-hybridized carbons (Fsp3) is 0.143. The third-order valence-electron chi connectivity index (χ3n) is 2.95. The molecule has 1 unspecified atom stereocenters. The molecule has 0 amide bonds. The van der Waals surface area contributed by atoms with Gasteiger partial charge in [0.1, 0.15) is 5.82 Å². The summed E-state index contributed by atoms with van der Waals surface area (Å²) in [5, 5.41) is 2.70. The summed E-state index contributed by atoms with van der Waals surface area (Å²) in [6.07, 6.45) is 0. The van der Waals surface area contributed by atoms with Gasteiger partial charge in [-0.25, -0.2) is 17.6 Å². The van der Waals surface area contributed by atoms with Crippen LogP contribution >= 0.6 is 15.9 Å². The highest BCUT2D eigenvalue weighted by molar-refractivity contribution is 9.10. The van der Waals surface area contributed by atoms with Crippen LogP contribution in [0.15, 0.2) is 34.8 Å². The molecule has 20 heavy (non-hydrogen) atoms. The first kappa shape index (κ1) is 15.0. The van der Waals surface area contributed by atoms with Crippen LogP contribution in [0.1, 0.15) is 17.2 Å². The van der Waals surface area contributed by atoms with Crippen molar-refractivity contribution in [3.05, 3.63) is 69.2 Å². The van der Waals surface area contributed by atoms with E-state index in [4.69, 9.17) is 0 Å². The molecule has 0 aromatic heterocycles. The molecular weight excluding hydrogens is 338 g/mol. The molecule has 0 spiro atoms. The van der Waals surface area contributed by atoms with Gasteiger partial charge >= 0.3 is 0 Å². The zero-order chi connectivity index (χ0) is 14.9. The van der Waals surface area contributed by atoms with Crippen molar-refractivity contribution in [3.8, 4) is 0 Å². The van der Waals surface area contributed by atoms with E-state index in [2.05, 4.69) is 21.2 Å². The molecule has 0 radical (unpaired) electrons. The maximum absolute atomic E-state index is 13.9. The van der Waals surface area contributed by atoms with E-state index in [-0.39, 0.29) is 11.1 Å². The Morgan fingerprint density at radius 2 is 1.65 bits per heavy atom. The van der Waals surface area contributed by atoms with Gasteiger partial charge in [-0.2, -0.15) is 0 Å². The number of nitrogens with one attached hydrogen (secondary N) is 1. The van der Waals surface area contributed by atoms with Gasteiger partial charge in [0.15, 0.2) is 17.5 Å². The largest absolute Gasteiger partial charge is 0.309 e. The third kappa shape index (κ3) is 2.58. The minimum atomic E-state index is -1.57. The van der Waals surface area contributed by atoms with Crippen molar-refractivity contribution in [1.82, 2.24) is 5.32 Å². The second-order valence-electron chi connectivity index (χ2n) is 4.12. The highest BCUT2D eigenvalue weighted by atomic mass is 79.9. The summed E-state index contributed by atoms with van der Waals surface area (Å²) >= 11 is 3.17. The van der Waals surface area contributed by atoms with Gasteiger partial charge < -0.3 is 5.32 Å². The summed E-state index contributed by atoms with van der Waals surface area (Å²) in [6.45, 7) is 0. The number of hydrogen-bond acceptors (Lipinski definition) is 1. The predicted octanol–water partition coefficient (Wildman–Crippen LogP) is 4.31. The van der Waals surface area contributed by atoms with Gasteiger partial charge in [0, 0.05) is 15.6 Å². The molecule has 0 aliphatic rings. The number of halogens is 5. The Morgan fingerprint density at radius 1 is 0.950 bits per heavy atom. The summed E-state index contributed by atoms with van der Waals surface area (Å²) in [5.74, 6) is -4.77. The zero-order valence-electron chi connectivity index (χ0n) is 10.4. The van der Waals surface area contributed by atoms with Crippen molar-refractivity contribution in [3.63, 3.8) is 0 Å². The molecule has 0 aliphatic carbocycles. The van der Waals surface area contributed by atoms with E-state index in [0.717, 1.165) is 12.1 Å². The molecule has 2 aromatic carbocycles. The van der Waals surface area contributed by atoms with E-state index in [9.17, 15) is 17.6 Å². The van der Waals surface area contributed by atoms with Crippen molar-refractivity contribution in [2.75, 3.05) is 7.05 Å². The lowest BCUT2D eigenvalue weighted by atomic mass is 9.97. The van der Waals surface area contributed by atoms with Crippen molar-refractivity contribution in [2.24, 2.45) is 0 Å². The zero-order valence-corrected chi connectivity index (χ0v) is 11.9. The summed E-state index contributed by atoms with van der Waals surface area (Å²) in [5.41, 5.74) is -0.0443. The van der Waals surface area contributed by atoms with Crippen LogP contribution in [0.25, 0.3) is 0 Å². The molecule has 0 aliphatic heterocycles. The molecule has 1 nitrogen and oxygen atoms in total. The van der Waals surface area contributed by atoms with E-state index < -0.39 is 29.3 Å². The van der Waals surface area contributed by atoms with Gasteiger partial charge in [0.05, 0.1) is 6.04 Å². The Bertz CT molecular complexity index is 625. The first-order valence-corrected chi connectivity index (χ1v) is 6.51. The van der Waals surface area contributed by atoms with Gasteiger partial charge in [0.2, 0.25) is 0 Å². The maximum atomic E-state index is 13.9. The fourth-order valence-electron chi connectivity index (χ4n) is 2.01. The lowest BCUT2D eigenvalue weighted by molar-refractivity contribution is 0.433. The molecule has 106 valence electrons. The third-order valence-corrected chi connectivity index (χ3v) is 3.64. The molecule has 0 heterocycles. The van der Waals surface area contributed by atoms with Crippen LogP contribution in [0.2, 0.25) is 0 Å². The highest BCUT2D eigenvalue weighted by Gasteiger charge is 2.24. The molecule has 2 aromatic rings. The van der Waals surface area contributed by atoms with E-state index in [1.54, 1.807) is 6.07 Å². The van der Waals surface area contributed by atoms with E-state index in [0.29, 0.717) is 4.47 Å². The van der Waals surface area contributed by atoms with E-state index in [1.165, 1.54) is 19.2 Å². The predicted molar refractivity (Wildman–Crippen MR) is 71.3 cm³/mol. The summed E-state index contributed by atoms with van der Waals surface area (Å²) < 4.78 is 54.5. The van der Waals surface area contributed by atoms with Crippen LogP contribution in [0.5, 0.6) is 0 Å². The van der Waals surface area contributed by atoms with Gasteiger partial charge in [0.25, 0.3) is 0 Å². The van der Waals surface area contributed by atoms with Gasteiger partial charge in [-0.1, -0.05) is 28.1 Å². The molecule has 0 saturated carbocycles. The topological polar surface area (TPSA) is 12.0 Å². The molecule has 0 fully saturated rings. The first-order valence-electron chi connectivity index (χ1n) is 5.72. The standard InChI is InChI=1S/C14H10BrF4N/c1-20-14(11-8(15)3-2-4-9(11)16)7-5-6-10(17)13(19)12(7)18/h2-6,14,20H,1H3. The second kappa shape index (κ2) is 5.93. The summed E-state index contributed by atoms with van der Waals surface area (Å²) in [6, 6.07) is 5.24. The van der Waals surface area contributed by atoms with Crippen LogP contribution in [0.4, 0.5) is 17.6 Å². The minimum Gasteiger partial charge on any atom is -0.309 e. The lowest BCUT2D eigenvalue weighted by Gasteiger charge is -2.20. The van der Waals surface area contributed by atoms with Gasteiger partial charge in [-0.15, -0.1) is 0 Å². The lowest BCUT2D eigenvalue weighted by Crippen LogP contribution is -2.21. The van der Waals surface area contributed by atoms with Crippen molar-refractivity contribution >= 4 is 15.9 Å². The van der Waals surface area contributed by atoms with E-state index in [1.807, 2.05) is 0 Å². The average molecular weight is 348 g/mol. The Hall–Kier alpha value is -1.40. The molecule has 1 N–H and O–H groups in total. The van der Waals surface area contributed by atoms with Crippen molar-refractivity contribution < 1.29 is 17.6 Å². The molecule has 0 bridgehead atoms. The minimum absolute atomic E-state index is 0.125. The van der Waals surface area contributed by atoms with Crippen molar-refractivity contribution in [1.29, 1.82) is 0 Å². The SMILES string of the molecule is CNC(c1ccc(F)c(F)c1F)c1c(F)cccc1Br. The molecule has 1 atom stereocenters. The summed E-state index contributed by atoms with van der Waals surface area (Å²) in [4.78, 5) is 0. The monoisotopic (exact) mass is 347 g/mol. The summed E-state index contributed by atoms with van der Waals surface area (Å²) in [7, 11) is 1.48. The smallest absolute Gasteiger partial charge is 0.194 e. The molecular formula is C14H10BrF4N. The number of benzene rings is 2. The second-order valence-corrected chi connectivity index (χ2v) is 4.98. The highest BCUT2D eigenvalue weighted by Crippen LogP contribution is 2.32. The Balaban J connectivity index is 2.62. The quantitative estimate of drug-likeness (QED) is 0.644. The number of hydrogen-bond donors (Lipinski definition) is 1. The van der Waals surface area contributed by atoms with Crippen LogP contribution in [-0.4, -0.2) is 7.05 Å². The van der Waals surface area contributed by atoms with Gasteiger partial charge in [-0.05, 0) is 25.2 Å². The van der Waals surface area contributed by atoms with Crippen LogP contribution in [0.3, 0.4) is 0 Å². The van der Waals surface area contributed by atoms with Crippen LogP contribution in [-0.2, 0) is 0 Å². The van der Waals surface area contributed by atoms with E-state index >= 15 is 0 Å². The fourth-order valence-corrected chi connectivity index (χ4v) is 2.58. The first-order chi connectivity index (χ1) is 9.47. The Labute approximate surface area is 121 Å². The average Bonchev–Trinajstić information content (AvgIpc) is 2.42. The molecule has 2 rings (SSSR count). The normalized spacial score (nSPS) is 12.5. The van der Waals surface area contributed by atoms with Crippen LogP contribution < -0.4 is 5.32 Å². The number of rotatable bonds is 3. The Morgan fingerprint density at radius 3 is 2.25 bits per heavy atom. The van der Waals surface area contributed by atoms with Gasteiger partial charge in [-0.3, -0.25) is 0 Å². The van der Waals surface area contributed by atoms with Crippen LogP contribution in [0, 0.1) is 23.3 Å². The molecule has 6 heteroatoms. The van der Waals surface area contributed by atoms with Crippen molar-refractivity contribution in [2.45, 2.75) is 6.04 Å². The maximum Gasteiger partial charge on any atom is 0.194 e. The Kier molecular flexibility index (Phi) is 4.45. The molecule has 0 saturated heterocycles.